The van der Waals surface area contributed by atoms with Crippen molar-refractivity contribution < 1.29 is 14.3 Å². The molecular formula is C16H24N2O3. The van der Waals surface area contributed by atoms with Crippen molar-refractivity contribution in [2.75, 3.05) is 40.0 Å². The van der Waals surface area contributed by atoms with Gasteiger partial charge < -0.3 is 20.1 Å². The van der Waals surface area contributed by atoms with Gasteiger partial charge in [-0.15, -0.1) is 0 Å². The molecule has 116 valence electrons. The molecule has 1 unspecified atom stereocenters. The fourth-order valence-electron chi connectivity index (χ4n) is 2.49. The molecule has 5 heteroatoms. The van der Waals surface area contributed by atoms with Crippen molar-refractivity contribution in [1.29, 1.82) is 0 Å². The minimum absolute atomic E-state index is 0.0253. The molecule has 0 spiro atoms. The second-order valence-electron chi connectivity index (χ2n) is 5.11. The molecule has 2 N–H and O–H groups in total. The van der Waals surface area contributed by atoms with Gasteiger partial charge in [0, 0.05) is 26.1 Å². The molecule has 1 atom stereocenters. The van der Waals surface area contributed by atoms with Gasteiger partial charge in [-0.25, -0.2) is 0 Å². The number of carbonyl (C=O) groups is 1. The van der Waals surface area contributed by atoms with Crippen LogP contribution in [0.5, 0.6) is 0 Å². The fourth-order valence-corrected chi connectivity index (χ4v) is 2.49. The van der Waals surface area contributed by atoms with Crippen LogP contribution in [0.1, 0.15) is 23.6 Å². The lowest BCUT2D eigenvalue weighted by molar-refractivity contribution is -0.122. The topological polar surface area (TPSA) is 59.6 Å². The number of carbonyl (C=O) groups excluding carboxylic acids is 1. The van der Waals surface area contributed by atoms with E-state index in [-0.39, 0.29) is 11.9 Å². The highest BCUT2D eigenvalue weighted by molar-refractivity contribution is 5.76. The van der Waals surface area contributed by atoms with E-state index >= 15 is 0 Å². The van der Waals surface area contributed by atoms with E-state index in [2.05, 4.69) is 28.8 Å². The van der Waals surface area contributed by atoms with Crippen molar-refractivity contribution in [3.63, 3.8) is 0 Å². The van der Waals surface area contributed by atoms with Gasteiger partial charge in [0.1, 0.15) is 0 Å². The van der Waals surface area contributed by atoms with Crippen LogP contribution in [0.25, 0.3) is 0 Å². The first-order valence-corrected chi connectivity index (χ1v) is 7.46. The van der Waals surface area contributed by atoms with Gasteiger partial charge in [0.05, 0.1) is 19.8 Å². The Hall–Kier alpha value is -1.43. The minimum atomic E-state index is 0.0253. The number of benzene rings is 1. The summed E-state index contributed by atoms with van der Waals surface area (Å²) in [6.45, 7) is 3.10. The number of methoxy groups -OCH3 is 1. The Morgan fingerprint density at radius 2 is 2.19 bits per heavy atom. The summed E-state index contributed by atoms with van der Waals surface area (Å²) in [7, 11) is 1.63. The second-order valence-corrected chi connectivity index (χ2v) is 5.11. The first kappa shape index (κ1) is 15.9. The molecule has 1 heterocycles. The first-order valence-electron chi connectivity index (χ1n) is 7.46. The molecular weight excluding hydrogens is 268 g/mol. The number of rotatable bonds is 8. The number of amides is 1. The third-order valence-electron chi connectivity index (χ3n) is 3.62. The number of ether oxygens (including phenoxy) is 2. The summed E-state index contributed by atoms with van der Waals surface area (Å²) in [6.07, 6.45) is 1.44. The minimum Gasteiger partial charge on any atom is -0.382 e. The van der Waals surface area contributed by atoms with Crippen LogP contribution in [-0.4, -0.2) is 45.9 Å². The van der Waals surface area contributed by atoms with Crippen molar-refractivity contribution in [3.8, 4) is 0 Å². The molecule has 0 aromatic heterocycles. The lowest BCUT2D eigenvalue weighted by Crippen LogP contribution is -2.39. The summed E-state index contributed by atoms with van der Waals surface area (Å²) in [5.74, 6) is 0.0253. The Morgan fingerprint density at radius 1 is 1.33 bits per heavy atom. The molecule has 1 aliphatic heterocycles. The Bertz CT molecular complexity index is 451. The lowest BCUT2D eigenvalue weighted by Gasteiger charge is -2.27. The van der Waals surface area contributed by atoms with E-state index in [1.165, 1.54) is 11.1 Å². The summed E-state index contributed by atoms with van der Waals surface area (Å²) in [5.41, 5.74) is 2.67. The van der Waals surface area contributed by atoms with Crippen LogP contribution in [0.2, 0.25) is 0 Å². The number of nitrogens with one attached hydrogen (secondary N) is 2. The van der Waals surface area contributed by atoms with Crippen molar-refractivity contribution >= 4 is 5.91 Å². The van der Waals surface area contributed by atoms with E-state index in [9.17, 15) is 4.79 Å². The molecule has 1 aliphatic rings. The molecule has 2 rings (SSSR count). The monoisotopic (exact) mass is 292 g/mol. The van der Waals surface area contributed by atoms with Crippen molar-refractivity contribution in [3.05, 3.63) is 35.4 Å². The molecule has 5 nitrogen and oxygen atoms in total. The largest absolute Gasteiger partial charge is 0.382 e. The van der Waals surface area contributed by atoms with Crippen LogP contribution < -0.4 is 10.6 Å². The molecule has 0 bridgehead atoms. The Morgan fingerprint density at radius 3 is 3.05 bits per heavy atom. The lowest BCUT2D eigenvalue weighted by atomic mass is 9.94. The number of fused-ring (bicyclic) bond motifs is 1. The van der Waals surface area contributed by atoms with Crippen LogP contribution in [0.3, 0.4) is 0 Å². The summed E-state index contributed by atoms with van der Waals surface area (Å²) in [5, 5.41) is 6.42. The van der Waals surface area contributed by atoms with Crippen molar-refractivity contribution in [1.82, 2.24) is 10.6 Å². The second kappa shape index (κ2) is 8.77. The van der Waals surface area contributed by atoms with Gasteiger partial charge in [-0.1, -0.05) is 24.3 Å². The Balaban J connectivity index is 1.70. The third-order valence-corrected chi connectivity index (χ3v) is 3.62. The summed E-state index contributed by atoms with van der Waals surface area (Å²) < 4.78 is 10.2. The van der Waals surface area contributed by atoms with Gasteiger partial charge in [0.25, 0.3) is 0 Å². The van der Waals surface area contributed by atoms with Crippen LogP contribution in [0.15, 0.2) is 24.3 Å². The van der Waals surface area contributed by atoms with Crippen LogP contribution in [-0.2, 0) is 20.7 Å². The zero-order chi connectivity index (χ0) is 14.9. The van der Waals surface area contributed by atoms with Crippen molar-refractivity contribution in [2.45, 2.75) is 18.9 Å². The third kappa shape index (κ3) is 5.12. The predicted molar refractivity (Wildman–Crippen MR) is 81.2 cm³/mol. The van der Waals surface area contributed by atoms with E-state index < -0.39 is 0 Å². The molecule has 1 aromatic carbocycles. The molecule has 21 heavy (non-hydrogen) atoms. The first-order chi connectivity index (χ1) is 10.3. The van der Waals surface area contributed by atoms with E-state index in [0.717, 1.165) is 13.0 Å². The maximum atomic E-state index is 11.8. The number of hydrogen-bond donors (Lipinski definition) is 2. The van der Waals surface area contributed by atoms with Crippen LogP contribution in [0, 0.1) is 0 Å². The zero-order valence-corrected chi connectivity index (χ0v) is 12.6. The highest BCUT2D eigenvalue weighted by atomic mass is 16.5. The quantitative estimate of drug-likeness (QED) is 0.703. The highest BCUT2D eigenvalue weighted by Crippen LogP contribution is 2.21. The zero-order valence-electron chi connectivity index (χ0n) is 12.6. The molecule has 1 amide bonds. The van der Waals surface area contributed by atoms with E-state index in [0.29, 0.717) is 32.8 Å². The predicted octanol–water partition coefficient (Wildman–Crippen LogP) is 1.04. The summed E-state index contributed by atoms with van der Waals surface area (Å²) in [6, 6.07) is 8.61. The summed E-state index contributed by atoms with van der Waals surface area (Å²) in [4.78, 5) is 11.8. The van der Waals surface area contributed by atoms with E-state index in [1.807, 2.05) is 6.07 Å². The summed E-state index contributed by atoms with van der Waals surface area (Å²) >= 11 is 0. The normalized spacial score (nSPS) is 17.3. The maximum Gasteiger partial charge on any atom is 0.222 e. The highest BCUT2D eigenvalue weighted by Gasteiger charge is 2.19. The average Bonchev–Trinajstić information content (AvgIpc) is 2.52. The van der Waals surface area contributed by atoms with Gasteiger partial charge in [0.2, 0.25) is 5.91 Å². The molecule has 0 saturated carbocycles. The average molecular weight is 292 g/mol. The molecule has 0 saturated heterocycles. The Labute approximate surface area is 126 Å². The van der Waals surface area contributed by atoms with Crippen LogP contribution in [0.4, 0.5) is 0 Å². The maximum absolute atomic E-state index is 11.8. The van der Waals surface area contributed by atoms with Gasteiger partial charge in [-0.05, 0) is 24.1 Å². The molecule has 1 aromatic rings. The molecule has 0 radical (unpaired) electrons. The van der Waals surface area contributed by atoms with Gasteiger partial charge >= 0.3 is 0 Å². The van der Waals surface area contributed by atoms with Gasteiger partial charge in [-0.3, -0.25) is 4.79 Å². The van der Waals surface area contributed by atoms with Gasteiger partial charge in [0.15, 0.2) is 0 Å². The van der Waals surface area contributed by atoms with E-state index in [1.54, 1.807) is 7.11 Å². The fraction of sp³-hybridized carbons (Fsp3) is 0.562. The number of hydrogen-bond acceptors (Lipinski definition) is 4. The van der Waals surface area contributed by atoms with Crippen LogP contribution >= 0.6 is 0 Å². The smallest absolute Gasteiger partial charge is 0.222 e. The molecule has 0 fully saturated rings. The van der Waals surface area contributed by atoms with Gasteiger partial charge in [-0.2, -0.15) is 0 Å². The Kier molecular flexibility index (Phi) is 6.66. The van der Waals surface area contributed by atoms with E-state index in [4.69, 9.17) is 9.47 Å². The molecule has 0 aliphatic carbocycles. The SMILES string of the molecule is COCCOCCC(=O)NCC1NCCc2ccccc21. The standard InChI is InChI=1S/C16H24N2O3/c1-20-10-11-21-9-7-16(19)18-12-15-14-5-3-2-4-13(14)6-8-17-15/h2-5,15,17H,6-12H2,1H3,(H,18,19). The van der Waals surface area contributed by atoms with Crippen molar-refractivity contribution in [2.24, 2.45) is 0 Å².